The number of ether oxygens (including phenoxy) is 2. The van der Waals surface area contributed by atoms with Crippen LogP contribution in [0.4, 0.5) is 0 Å². The summed E-state index contributed by atoms with van der Waals surface area (Å²) in [6, 6.07) is 15.1. The topological polar surface area (TPSA) is 84.4 Å². The first kappa shape index (κ1) is 18.3. The van der Waals surface area contributed by atoms with Crippen LogP contribution >= 0.6 is 0 Å². The Morgan fingerprint density at radius 3 is 1.96 bits per heavy atom. The van der Waals surface area contributed by atoms with E-state index in [4.69, 9.17) is 14.6 Å². The number of nitrogens with zero attached hydrogens (tertiary/aromatic N) is 1. The number of benzene rings is 2. The van der Waals surface area contributed by atoms with Crippen LogP contribution in [0.2, 0.25) is 0 Å². The standard InChI is InChI=1S/C21H20N2O4/c1-13(21(24)25)12-18-22-19(14-4-8-16(26-2)9-5-14)20(23-18)15-6-10-17(27-3)11-7-15/h4-12H,1-3H3,(H,22,23)(H,24,25)/b13-12+. The zero-order valence-electron chi connectivity index (χ0n) is 15.3. The molecule has 3 aromatic rings. The van der Waals surface area contributed by atoms with Crippen molar-refractivity contribution >= 4 is 12.0 Å². The van der Waals surface area contributed by atoms with Gasteiger partial charge in [-0.25, -0.2) is 9.78 Å². The number of carboxylic acid groups (broad SMARTS) is 1. The first-order valence-electron chi connectivity index (χ1n) is 8.32. The van der Waals surface area contributed by atoms with E-state index in [1.54, 1.807) is 14.2 Å². The molecule has 0 aliphatic carbocycles. The lowest BCUT2D eigenvalue weighted by Crippen LogP contribution is -1.95. The maximum atomic E-state index is 11.1. The minimum Gasteiger partial charge on any atom is -0.497 e. The number of aromatic amines is 1. The van der Waals surface area contributed by atoms with E-state index in [-0.39, 0.29) is 5.57 Å². The van der Waals surface area contributed by atoms with Gasteiger partial charge in [-0.2, -0.15) is 0 Å². The van der Waals surface area contributed by atoms with E-state index in [2.05, 4.69) is 9.97 Å². The van der Waals surface area contributed by atoms with E-state index in [1.165, 1.54) is 13.0 Å². The molecule has 0 bridgehead atoms. The van der Waals surface area contributed by atoms with Crippen LogP contribution in [0.5, 0.6) is 11.5 Å². The molecule has 1 heterocycles. The number of imidazole rings is 1. The summed E-state index contributed by atoms with van der Waals surface area (Å²) in [5.74, 6) is 1.00. The number of aliphatic carboxylic acids is 1. The molecule has 0 radical (unpaired) electrons. The van der Waals surface area contributed by atoms with Crippen molar-refractivity contribution in [2.75, 3.05) is 14.2 Å². The van der Waals surface area contributed by atoms with Crippen LogP contribution in [-0.4, -0.2) is 35.3 Å². The van der Waals surface area contributed by atoms with Gasteiger partial charge in [0.1, 0.15) is 17.3 Å². The molecule has 0 aliphatic heterocycles. The number of H-pyrrole nitrogens is 1. The van der Waals surface area contributed by atoms with Crippen LogP contribution in [0.1, 0.15) is 12.7 Å². The van der Waals surface area contributed by atoms with Gasteiger partial charge in [-0.05, 0) is 61.5 Å². The van der Waals surface area contributed by atoms with Crippen molar-refractivity contribution in [3.8, 4) is 34.0 Å². The predicted octanol–water partition coefficient (Wildman–Crippen LogP) is 4.25. The van der Waals surface area contributed by atoms with Gasteiger partial charge in [0.25, 0.3) is 0 Å². The molecule has 0 amide bonds. The Kier molecular flexibility index (Phi) is 5.26. The van der Waals surface area contributed by atoms with E-state index < -0.39 is 5.97 Å². The normalized spacial score (nSPS) is 11.3. The molecule has 0 atom stereocenters. The molecule has 0 saturated heterocycles. The van der Waals surface area contributed by atoms with Gasteiger partial charge in [0.2, 0.25) is 0 Å². The highest BCUT2D eigenvalue weighted by atomic mass is 16.5. The third kappa shape index (κ3) is 4.00. The van der Waals surface area contributed by atoms with Gasteiger partial charge in [-0.3, -0.25) is 0 Å². The van der Waals surface area contributed by atoms with E-state index >= 15 is 0 Å². The van der Waals surface area contributed by atoms with Crippen LogP contribution in [0.15, 0.2) is 54.1 Å². The number of hydrogen-bond donors (Lipinski definition) is 2. The molecule has 0 saturated carbocycles. The molecule has 138 valence electrons. The number of methoxy groups -OCH3 is 2. The maximum Gasteiger partial charge on any atom is 0.331 e. The van der Waals surface area contributed by atoms with Gasteiger partial charge < -0.3 is 19.6 Å². The summed E-state index contributed by atoms with van der Waals surface area (Å²) in [6.07, 6.45) is 1.52. The first-order valence-corrected chi connectivity index (χ1v) is 8.32. The fourth-order valence-electron chi connectivity index (χ4n) is 2.65. The van der Waals surface area contributed by atoms with E-state index in [1.807, 2.05) is 48.5 Å². The van der Waals surface area contributed by atoms with Crippen molar-refractivity contribution in [2.24, 2.45) is 0 Å². The molecule has 3 rings (SSSR count). The lowest BCUT2D eigenvalue weighted by Gasteiger charge is -2.06. The zero-order chi connectivity index (χ0) is 19.4. The largest absolute Gasteiger partial charge is 0.497 e. The molecule has 6 heteroatoms. The molecule has 0 spiro atoms. The average molecular weight is 364 g/mol. The van der Waals surface area contributed by atoms with Crippen LogP contribution in [0.3, 0.4) is 0 Å². The van der Waals surface area contributed by atoms with Crippen molar-refractivity contribution < 1.29 is 19.4 Å². The summed E-state index contributed by atoms with van der Waals surface area (Å²) in [5.41, 5.74) is 3.54. The number of hydrogen-bond acceptors (Lipinski definition) is 4. The van der Waals surface area contributed by atoms with Gasteiger partial charge in [-0.1, -0.05) is 0 Å². The highest BCUT2D eigenvalue weighted by Crippen LogP contribution is 2.32. The molecule has 0 unspecified atom stereocenters. The SMILES string of the molecule is COc1ccc(-c2nc(/C=C(\C)C(=O)O)[nH]c2-c2ccc(OC)cc2)cc1. The highest BCUT2D eigenvalue weighted by molar-refractivity contribution is 5.91. The van der Waals surface area contributed by atoms with Crippen LogP contribution in [-0.2, 0) is 4.79 Å². The predicted molar refractivity (Wildman–Crippen MR) is 104 cm³/mol. The van der Waals surface area contributed by atoms with Crippen LogP contribution in [0, 0.1) is 0 Å². The van der Waals surface area contributed by atoms with Gasteiger partial charge in [-0.15, -0.1) is 0 Å². The van der Waals surface area contributed by atoms with Gasteiger partial charge in [0, 0.05) is 16.7 Å². The summed E-state index contributed by atoms with van der Waals surface area (Å²) in [5, 5.41) is 9.13. The second-order valence-electron chi connectivity index (χ2n) is 5.94. The summed E-state index contributed by atoms with van der Waals surface area (Å²) < 4.78 is 10.4. The third-order valence-electron chi connectivity index (χ3n) is 4.15. The monoisotopic (exact) mass is 364 g/mol. The Labute approximate surface area is 157 Å². The van der Waals surface area contributed by atoms with Crippen molar-refractivity contribution in [1.29, 1.82) is 0 Å². The van der Waals surface area contributed by atoms with Crippen molar-refractivity contribution in [3.63, 3.8) is 0 Å². The minimum atomic E-state index is -0.983. The highest BCUT2D eigenvalue weighted by Gasteiger charge is 2.14. The quantitative estimate of drug-likeness (QED) is 0.639. The number of rotatable bonds is 6. The van der Waals surface area contributed by atoms with Gasteiger partial charge in [0.15, 0.2) is 0 Å². The smallest absolute Gasteiger partial charge is 0.331 e. The molecule has 6 nitrogen and oxygen atoms in total. The second kappa shape index (κ2) is 7.78. The molecule has 0 fully saturated rings. The minimum absolute atomic E-state index is 0.200. The molecule has 0 aliphatic rings. The number of aromatic nitrogens is 2. The van der Waals surface area contributed by atoms with E-state index in [0.29, 0.717) is 5.82 Å². The Bertz CT molecular complexity index is 905. The Morgan fingerprint density at radius 2 is 1.48 bits per heavy atom. The molecule has 1 aromatic heterocycles. The number of nitrogens with one attached hydrogen (secondary N) is 1. The second-order valence-corrected chi connectivity index (χ2v) is 5.94. The Balaban J connectivity index is 2.11. The Hall–Kier alpha value is -3.54. The lowest BCUT2D eigenvalue weighted by atomic mass is 10.0. The molecule has 2 N–H and O–H groups in total. The summed E-state index contributed by atoms with van der Waals surface area (Å²) in [6.45, 7) is 1.53. The molecular formula is C21H20N2O4. The Morgan fingerprint density at radius 1 is 0.963 bits per heavy atom. The lowest BCUT2D eigenvalue weighted by molar-refractivity contribution is -0.132. The summed E-state index contributed by atoms with van der Waals surface area (Å²) >= 11 is 0. The number of carbonyl (C=O) groups is 1. The first-order chi connectivity index (χ1) is 13.0. The summed E-state index contributed by atoms with van der Waals surface area (Å²) in [4.78, 5) is 19.0. The summed E-state index contributed by atoms with van der Waals surface area (Å²) in [7, 11) is 3.23. The molecule has 2 aromatic carbocycles. The fraction of sp³-hybridized carbons (Fsp3) is 0.143. The third-order valence-corrected chi connectivity index (χ3v) is 4.15. The molecular weight excluding hydrogens is 344 g/mol. The van der Waals surface area contributed by atoms with Gasteiger partial charge in [0.05, 0.1) is 25.6 Å². The zero-order valence-corrected chi connectivity index (χ0v) is 15.3. The van der Waals surface area contributed by atoms with Crippen molar-refractivity contribution in [1.82, 2.24) is 9.97 Å². The van der Waals surface area contributed by atoms with E-state index in [0.717, 1.165) is 34.0 Å². The molecule has 27 heavy (non-hydrogen) atoms. The maximum absolute atomic E-state index is 11.1. The van der Waals surface area contributed by atoms with Crippen molar-refractivity contribution in [3.05, 3.63) is 59.9 Å². The van der Waals surface area contributed by atoms with Crippen LogP contribution < -0.4 is 9.47 Å². The van der Waals surface area contributed by atoms with E-state index in [9.17, 15) is 4.79 Å². The van der Waals surface area contributed by atoms with Crippen molar-refractivity contribution in [2.45, 2.75) is 6.92 Å². The fourth-order valence-corrected chi connectivity index (χ4v) is 2.65. The average Bonchev–Trinajstić information content (AvgIpc) is 3.11. The van der Waals surface area contributed by atoms with Gasteiger partial charge >= 0.3 is 5.97 Å². The number of carboxylic acids is 1. The van der Waals surface area contributed by atoms with Crippen LogP contribution in [0.25, 0.3) is 28.6 Å².